The van der Waals surface area contributed by atoms with Gasteiger partial charge in [0.25, 0.3) is 0 Å². The lowest BCUT2D eigenvalue weighted by Gasteiger charge is -2.22. The van der Waals surface area contributed by atoms with Crippen LogP contribution in [0, 0.1) is 17.8 Å². The molecule has 0 fully saturated rings. The molecule has 0 bridgehead atoms. The van der Waals surface area contributed by atoms with Crippen molar-refractivity contribution >= 4 is 0 Å². The third-order valence-corrected chi connectivity index (χ3v) is 2.93. The molecule has 1 nitrogen and oxygen atoms in total. The van der Waals surface area contributed by atoms with Crippen molar-refractivity contribution in [3.63, 3.8) is 0 Å². The van der Waals surface area contributed by atoms with Crippen LogP contribution in [0.1, 0.15) is 47.5 Å². The van der Waals surface area contributed by atoms with Gasteiger partial charge in [0.1, 0.15) is 0 Å². The second-order valence-corrected chi connectivity index (χ2v) is 4.61. The van der Waals surface area contributed by atoms with Gasteiger partial charge in [-0.15, -0.1) is 0 Å². The van der Waals surface area contributed by atoms with Crippen LogP contribution in [0.15, 0.2) is 0 Å². The standard InChI is InChI=1S/C12H27N/c1-6-11(5)12(7-2)9-13-8-10(3)4/h10-13H,6-9H2,1-5H3. The van der Waals surface area contributed by atoms with Crippen molar-refractivity contribution in [2.24, 2.45) is 17.8 Å². The van der Waals surface area contributed by atoms with Crippen LogP contribution in [0.4, 0.5) is 0 Å². The van der Waals surface area contributed by atoms with Crippen LogP contribution in [0.5, 0.6) is 0 Å². The highest BCUT2D eigenvalue weighted by Crippen LogP contribution is 2.17. The minimum atomic E-state index is 0.773. The molecule has 0 aromatic carbocycles. The Morgan fingerprint density at radius 2 is 1.54 bits per heavy atom. The molecule has 0 heterocycles. The van der Waals surface area contributed by atoms with E-state index in [1.165, 1.54) is 19.4 Å². The first-order valence-corrected chi connectivity index (χ1v) is 5.82. The predicted octanol–water partition coefficient (Wildman–Crippen LogP) is 3.30. The Labute approximate surface area is 84.3 Å². The summed E-state index contributed by atoms with van der Waals surface area (Å²) in [5.74, 6) is 2.50. The Morgan fingerprint density at radius 1 is 0.923 bits per heavy atom. The van der Waals surface area contributed by atoms with Gasteiger partial charge in [0, 0.05) is 0 Å². The molecule has 0 aliphatic carbocycles. The lowest BCUT2D eigenvalue weighted by atomic mass is 9.89. The Balaban J connectivity index is 3.59. The predicted molar refractivity (Wildman–Crippen MR) is 60.9 cm³/mol. The van der Waals surface area contributed by atoms with Crippen molar-refractivity contribution in [2.45, 2.75) is 47.5 Å². The van der Waals surface area contributed by atoms with Crippen LogP contribution in [-0.4, -0.2) is 13.1 Å². The molecular weight excluding hydrogens is 158 g/mol. The smallest absolute Gasteiger partial charge is 0.00180 e. The summed E-state index contributed by atoms with van der Waals surface area (Å²) in [6.07, 6.45) is 2.61. The van der Waals surface area contributed by atoms with Crippen molar-refractivity contribution in [3.8, 4) is 0 Å². The summed E-state index contributed by atoms with van der Waals surface area (Å²) < 4.78 is 0. The molecule has 80 valence electrons. The van der Waals surface area contributed by atoms with Crippen LogP contribution < -0.4 is 5.32 Å². The number of nitrogens with one attached hydrogen (secondary N) is 1. The molecule has 0 spiro atoms. The summed E-state index contributed by atoms with van der Waals surface area (Å²) in [4.78, 5) is 0. The maximum Gasteiger partial charge on any atom is -0.00180 e. The highest BCUT2D eigenvalue weighted by Gasteiger charge is 2.12. The summed E-state index contributed by atoms with van der Waals surface area (Å²) >= 11 is 0. The zero-order valence-corrected chi connectivity index (χ0v) is 10.1. The SMILES string of the molecule is CCC(C)C(CC)CNCC(C)C. The number of hydrogen-bond donors (Lipinski definition) is 1. The summed E-state index contributed by atoms with van der Waals surface area (Å²) in [6, 6.07) is 0. The van der Waals surface area contributed by atoms with Crippen molar-refractivity contribution in [2.75, 3.05) is 13.1 Å². The molecule has 0 saturated carbocycles. The molecule has 0 amide bonds. The molecule has 1 heteroatoms. The van der Waals surface area contributed by atoms with E-state index in [0.717, 1.165) is 24.3 Å². The number of rotatable bonds is 7. The molecule has 0 aromatic heterocycles. The van der Waals surface area contributed by atoms with Gasteiger partial charge in [-0.1, -0.05) is 47.5 Å². The molecule has 0 aliphatic rings. The zero-order valence-electron chi connectivity index (χ0n) is 10.1. The highest BCUT2D eigenvalue weighted by atomic mass is 14.9. The lowest BCUT2D eigenvalue weighted by Crippen LogP contribution is -2.29. The van der Waals surface area contributed by atoms with Gasteiger partial charge < -0.3 is 5.32 Å². The van der Waals surface area contributed by atoms with Gasteiger partial charge in [-0.2, -0.15) is 0 Å². The van der Waals surface area contributed by atoms with Crippen LogP contribution in [0.25, 0.3) is 0 Å². The number of hydrogen-bond acceptors (Lipinski definition) is 1. The Morgan fingerprint density at radius 3 is 1.92 bits per heavy atom. The van der Waals surface area contributed by atoms with Crippen molar-refractivity contribution in [1.82, 2.24) is 5.32 Å². The Bertz CT molecular complexity index is 110. The minimum absolute atomic E-state index is 0.773. The van der Waals surface area contributed by atoms with E-state index in [1.807, 2.05) is 0 Å². The van der Waals surface area contributed by atoms with Gasteiger partial charge in [-0.3, -0.25) is 0 Å². The Kier molecular flexibility index (Phi) is 7.35. The van der Waals surface area contributed by atoms with Crippen LogP contribution in [0.2, 0.25) is 0 Å². The fourth-order valence-corrected chi connectivity index (χ4v) is 1.64. The average Bonchev–Trinajstić information content (AvgIpc) is 2.11. The lowest BCUT2D eigenvalue weighted by molar-refractivity contribution is 0.317. The molecule has 0 radical (unpaired) electrons. The first-order chi connectivity index (χ1) is 6.11. The monoisotopic (exact) mass is 185 g/mol. The Hall–Kier alpha value is -0.0400. The molecule has 2 atom stereocenters. The van der Waals surface area contributed by atoms with Crippen molar-refractivity contribution < 1.29 is 0 Å². The van der Waals surface area contributed by atoms with E-state index >= 15 is 0 Å². The van der Waals surface area contributed by atoms with E-state index in [1.54, 1.807) is 0 Å². The topological polar surface area (TPSA) is 12.0 Å². The second kappa shape index (κ2) is 7.37. The van der Waals surface area contributed by atoms with Crippen molar-refractivity contribution in [3.05, 3.63) is 0 Å². The average molecular weight is 185 g/mol. The summed E-state index contributed by atoms with van der Waals surface area (Å²) in [6.45, 7) is 13.8. The van der Waals surface area contributed by atoms with E-state index in [4.69, 9.17) is 0 Å². The highest BCUT2D eigenvalue weighted by molar-refractivity contribution is 4.67. The van der Waals surface area contributed by atoms with E-state index in [9.17, 15) is 0 Å². The molecule has 0 aliphatic heterocycles. The van der Waals surface area contributed by atoms with Crippen LogP contribution in [0.3, 0.4) is 0 Å². The molecule has 0 rings (SSSR count). The first-order valence-electron chi connectivity index (χ1n) is 5.82. The summed E-state index contributed by atoms with van der Waals surface area (Å²) in [5.41, 5.74) is 0. The second-order valence-electron chi connectivity index (χ2n) is 4.61. The third-order valence-electron chi connectivity index (χ3n) is 2.93. The van der Waals surface area contributed by atoms with E-state index in [0.29, 0.717) is 0 Å². The summed E-state index contributed by atoms with van der Waals surface area (Å²) in [5, 5.41) is 3.55. The molecule has 0 aromatic rings. The van der Waals surface area contributed by atoms with Gasteiger partial charge in [0.15, 0.2) is 0 Å². The van der Waals surface area contributed by atoms with Gasteiger partial charge in [-0.25, -0.2) is 0 Å². The molecule has 2 unspecified atom stereocenters. The normalized spacial score (nSPS) is 16.2. The third kappa shape index (κ3) is 6.09. The first kappa shape index (κ1) is 13.0. The minimum Gasteiger partial charge on any atom is -0.316 e. The maximum absolute atomic E-state index is 3.55. The van der Waals surface area contributed by atoms with Gasteiger partial charge in [0.05, 0.1) is 0 Å². The molecule has 0 saturated heterocycles. The largest absolute Gasteiger partial charge is 0.316 e. The van der Waals surface area contributed by atoms with Crippen LogP contribution >= 0.6 is 0 Å². The van der Waals surface area contributed by atoms with E-state index < -0.39 is 0 Å². The quantitative estimate of drug-likeness (QED) is 0.641. The fraction of sp³-hybridized carbons (Fsp3) is 1.00. The molecular formula is C12H27N. The van der Waals surface area contributed by atoms with Crippen LogP contribution in [-0.2, 0) is 0 Å². The maximum atomic E-state index is 3.55. The van der Waals surface area contributed by atoms with Gasteiger partial charge in [-0.05, 0) is 30.8 Å². The van der Waals surface area contributed by atoms with E-state index in [2.05, 4.69) is 39.9 Å². The fourth-order valence-electron chi connectivity index (χ4n) is 1.64. The zero-order chi connectivity index (χ0) is 10.3. The molecule has 1 N–H and O–H groups in total. The van der Waals surface area contributed by atoms with Gasteiger partial charge in [0.2, 0.25) is 0 Å². The molecule has 13 heavy (non-hydrogen) atoms. The summed E-state index contributed by atoms with van der Waals surface area (Å²) in [7, 11) is 0. The van der Waals surface area contributed by atoms with Gasteiger partial charge >= 0.3 is 0 Å². The van der Waals surface area contributed by atoms with Crippen molar-refractivity contribution in [1.29, 1.82) is 0 Å². The van der Waals surface area contributed by atoms with E-state index in [-0.39, 0.29) is 0 Å².